The van der Waals surface area contributed by atoms with E-state index in [2.05, 4.69) is 33.4 Å². The van der Waals surface area contributed by atoms with Crippen molar-refractivity contribution in [2.45, 2.75) is 45.4 Å². The highest BCUT2D eigenvalue weighted by Crippen LogP contribution is 2.47. The van der Waals surface area contributed by atoms with E-state index in [1.165, 1.54) is 0 Å². The third kappa shape index (κ3) is 4.44. The second-order valence-electron chi connectivity index (χ2n) is 8.94. The van der Waals surface area contributed by atoms with Gasteiger partial charge in [0.1, 0.15) is 0 Å². The molecule has 4 nitrogen and oxygen atoms in total. The Hall–Kier alpha value is -2.66. The summed E-state index contributed by atoms with van der Waals surface area (Å²) in [6.07, 6.45) is 1.16. The number of Topliss-reactive ketones (excluding diaryl/α,β-unsaturated/α-hetero) is 1. The minimum atomic E-state index is -0.453. The largest absolute Gasteiger partial charge is 0.462 e. The van der Waals surface area contributed by atoms with Gasteiger partial charge < -0.3 is 10.1 Å². The molecule has 4 rings (SSSR count). The Morgan fingerprint density at radius 3 is 2.47 bits per heavy atom. The summed E-state index contributed by atoms with van der Waals surface area (Å²) in [7, 11) is 0. The molecule has 0 fully saturated rings. The number of benzene rings is 2. The van der Waals surface area contributed by atoms with E-state index < -0.39 is 5.92 Å². The van der Waals surface area contributed by atoms with Crippen molar-refractivity contribution in [3.63, 3.8) is 0 Å². The van der Waals surface area contributed by atoms with Crippen molar-refractivity contribution in [2.24, 2.45) is 5.92 Å². The fourth-order valence-electron chi connectivity index (χ4n) is 4.61. The molecule has 0 unspecified atom stereocenters. The number of carbonyl (C=O) groups is 2. The summed E-state index contributed by atoms with van der Waals surface area (Å²) >= 11 is 3.65. The summed E-state index contributed by atoms with van der Waals surface area (Å²) < 4.78 is 6.50. The lowest BCUT2D eigenvalue weighted by molar-refractivity contribution is -0.140. The quantitative estimate of drug-likeness (QED) is 0.518. The average Bonchev–Trinajstić information content (AvgIpc) is 2.77. The molecule has 5 heteroatoms. The lowest BCUT2D eigenvalue weighted by Gasteiger charge is -2.37. The molecule has 0 aromatic heterocycles. The second-order valence-corrected chi connectivity index (χ2v) is 9.80. The highest BCUT2D eigenvalue weighted by atomic mass is 79.9. The van der Waals surface area contributed by atoms with Crippen LogP contribution in [0.15, 0.2) is 81.6 Å². The molecule has 0 amide bonds. The van der Waals surface area contributed by atoms with Gasteiger partial charge in [0.25, 0.3) is 0 Å². The van der Waals surface area contributed by atoms with Crippen molar-refractivity contribution in [2.75, 3.05) is 6.61 Å². The van der Waals surface area contributed by atoms with Crippen LogP contribution in [-0.4, -0.2) is 18.4 Å². The first kappa shape index (κ1) is 22.5. The van der Waals surface area contributed by atoms with E-state index in [-0.39, 0.29) is 23.6 Å². The number of ether oxygens (including phenoxy) is 1. The number of dihydropyridines is 1. The highest BCUT2D eigenvalue weighted by molar-refractivity contribution is 9.10. The van der Waals surface area contributed by atoms with Gasteiger partial charge in [-0.3, -0.25) is 4.79 Å². The van der Waals surface area contributed by atoms with Crippen molar-refractivity contribution in [1.82, 2.24) is 5.32 Å². The molecule has 1 aliphatic heterocycles. The maximum absolute atomic E-state index is 13.6. The number of nitrogens with one attached hydrogen (secondary N) is 1. The molecule has 0 saturated carbocycles. The SMILES string of the molecule is CC1=C(C(=O)OCC(C)C)[C@H](c2ccccc2Br)C2=C(C[C@H](c3ccccc3)CC2=O)N1. The molecule has 1 N–H and O–H groups in total. The lowest BCUT2D eigenvalue weighted by atomic mass is 9.72. The van der Waals surface area contributed by atoms with E-state index >= 15 is 0 Å². The van der Waals surface area contributed by atoms with E-state index in [0.29, 0.717) is 24.2 Å². The van der Waals surface area contributed by atoms with Crippen LogP contribution in [0.5, 0.6) is 0 Å². The Labute approximate surface area is 197 Å². The third-order valence-corrected chi connectivity index (χ3v) is 6.80. The van der Waals surface area contributed by atoms with Crippen LogP contribution >= 0.6 is 15.9 Å². The molecule has 2 aromatic carbocycles. The molecule has 0 saturated heterocycles. The number of allylic oxidation sites excluding steroid dienone is 3. The minimum Gasteiger partial charge on any atom is -0.462 e. The predicted octanol–water partition coefficient (Wildman–Crippen LogP) is 6.01. The second kappa shape index (κ2) is 9.45. The van der Waals surface area contributed by atoms with Gasteiger partial charge in [0, 0.05) is 33.8 Å². The first-order valence-electron chi connectivity index (χ1n) is 11.1. The first-order chi connectivity index (χ1) is 15.4. The normalized spacial score (nSPS) is 20.8. The van der Waals surface area contributed by atoms with E-state index in [9.17, 15) is 9.59 Å². The minimum absolute atomic E-state index is 0.0787. The van der Waals surface area contributed by atoms with Crippen LogP contribution < -0.4 is 5.32 Å². The smallest absolute Gasteiger partial charge is 0.336 e. The van der Waals surface area contributed by atoms with Crippen molar-refractivity contribution >= 4 is 27.7 Å². The number of hydrogen-bond acceptors (Lipinski definition) is 4. The standard InChI is InChI=1S/C27H28BrNO3/c1-16(2)15-32-27(31)24-17(3)29-22-13-19(18-9-5-4-6-10-18)14-23(30)26(22)25(24)20-11-7-8-12-21(20)28/h4-12,16,19,25,29H,13-15H2,1-3H3/t19-,25-/m0/s1. The van der Waals surface area contributed by atoms with E-state index in [4.69, 9.17) is 4.74 Å². The zero-order chi connectivity index (χ0) is 22.8. The molecule has 166 valence electrons. The van der Waals surface area contributed by atoms with Crippen LogP contribution in [0.1, 0.15) is 56.6 Å². The number of carbonyl (C=O) groups excluding carboxylic acids is 2. The maximum Gasteiger partial charge on any atom is 0.336 e. The number of halogens is 1. The predicted molar refractivity (Wildman–Crippen MR) is 129 cm³/mol. The molecule has 0 radical (unpaired) electrons. The van der Waals surface area contributed by atoms with E-state index in [1.54, 1.807) is 0 Å². The number of ketones is 1. The maximum atomic E-state index is 13.6. The van der Waals surface area contributed by atoms with Crippen molar-refractivity contribution in [3.05, 3.63) is 92.7 Å². The molecule has 32 heavy (non-hydrogen) atoms. The molecule has 2 aliphatic rings. The van der Waals surface area contributed by atoms with Gasteiger partial charge in [0.2, 0.25) is 0 Å². The van der Waals surface area contributed by atoms with Gasteiger partial charge in [-0.1, -0.05) is 78.3 Å². The van der Waals surface area contributed by atoms with Crippen LogP contribution in [0.4, 0.5) is 0 Å². The topological polar surface area (TPSA) is 55.4 Å². The van der Waals surface area contributed by atoms with Gasteiger partial charge in [-0.05, 0) is 42.4 Å². The Balaban J connectivity index is 1.78. The van der Waals surface area contributed by atoms with Crippen molar-refractivity contribution < 1.29 is 14.3 Å². The molecular weight excluding hydrogens is 466 g/mol. The van der Waals surface area contributed by atoms with E-state index in [0.717, 1.165) is 33.4 Å². The van der Waals surface area contributed by atoms with Gasteiger partial charge >= 0.3 is 5.97 Å². The molecule has 0 bridgehead atoms. The summed E-state index contributed by atoms with van der Waals surface area (Å²) in [4.78, 5) is 26.8. The van der Waals surface area contributed by atoms with Gasteiger partial charge in [-0.15, -0.1) is 0 Å². The fraction of sp³-hybridized carbons (Fsp3) is 0.333. The molecule has 1 aliphatic carbocycles. The zero-order valence-corrected chi connectivity index (χ0v) is 20.2. The Morgan fingerprint density at radius 1 is 1.09 bits per heavy atom. The molecule has 1 heterocycles. The van der Waals surface area contributed by atoms with Crippen LogP contribution in [0.25, 0.3) is 0 Å². The first-order valence-corrected chi connectivity index (χ1v) is 11.9. The Morgan fingerprint density at radius 2 is 1.78 bits per heavy atom. The zero-order valence-electron chi connectivity index (χ0n) is 18.7. The van der Waals surface area contributed by atoms with Crippen LogP contribution in [0.3, 0.4) is 0 Å². The monoisotopic (exact) mass is 493 g/mol. The van der Waals surface area contributed by atoms with Gasteiger partial charge in [0.15, 0.2) is 5.78 Å². The van der Waals surface area contributed by atoms with Gasteiger partial charge in [-0.2, -0.15) is 0 Å². The summed E-state index contributed by atoms with van der Waals surface area (Å²) in [6.45, 7) is 6.26. The number of hydrogen-bond donors (Lipinski definition) is 1. The number of esters is 1. The summed E-state index contributed by atoms with van der Waals surface area (Å²) in [5.74, 6) is -0.386. The van der Waals surface area contributed by atoms with Crippen molar-refractivity contribution in [3.8, 4) is 0 Å². The van der Waals surface area contributed by atoms with Crippen LogP contribution in [0, 0.1) is 5.92 Å². The van der Waals surface area contributed by atoms with Gasteiger partial charge in [-0.25, -0.2) is 4.79 Å². The number of rotatable bonds is 5. The Kier molecular flexibility index (Phi) is 6.66. The summed E-state index contributed by atoms with van der Waals surface area (Å²) in [5.41, 5.74) is 4.93. The highest BCUT2D eigenvalue weighted by Gasteiger charge is 2.42. The average molecular weight is 494 g/mol. The third-order valence-electron chi connectivity index (χ3n) is 6.08. The molecular formula is C27H28BrNO3. The van der Waals surface area contributed by atoms with E-state index in [1.807, 2.05) is 63.2 Å². The van der Waals surface area contributed by atoms with Crippen LogP contribution in [-0.2, 0) is 14.3 Å². The van der Waals surface area contributed by atoms with Crippen LogP contribution in [0.2, 0.25) is 0 Å². The summed E-state index contributed by atoms with van der Waals surface area (Å²) in [6, 6.07) is 18.0. The Bertz CT molecular complexity index is 1100. The lowest BCUT2D eigenvalue weighted by Crippen LogP contribution is -2.36. The fourth-order valence-corrected chi connectivity index (χ4v) is 5.12. The molecule has 2 atom stereocenters. The van der Waals surface area contributed by atoms with Crippen molar-refractivity contribution in [1.29, 1.82) is 0 Å². The molecule has 2 aromatic rings. The van der Waals surface area contributed by atoms with Gasteiger partial charge in [0.05, 0.1) is 12.2 Å². The summed E-state index contributed by atoms with van der Waals surface area (Å²) in [5, 5.41) is 3.41. The molecule has 0 spiro atoms.